The highest BCUT2D eigenvalue weighted by Gasteiger charge is 2.35. The van der Waals surface area contributed by atoms with Gasteiger partial charge < -0.3 is 14.5 Å². The molecule has 6 heteroatoms. The monoisotopic (exact) mass is 314 g/mol. The van der Waals surface area contributed by atoms with Gasteiger partial charge in [0.15, 0.2) is 0 Å². The minimum Gasteiger partial charge on any atom is -0.346 e. The number of hydrogen-bond acceptors (Lipinski definition) is 3. The smallest absolute Gasteiger partial charge is 0.250 e. The molecule has 1 atom stereocenters. The zero-order valence-corrected chi connectivity index (χ0v) is 13.5. The van der Waals surface area contributed by atoms with E-state index in [0.29, 0.717) is 18.9 Å². The molecule has 2 aromatic rings. The van der Waals surface area contributed by atoms with Crippen molar-refractivity contribution in [3.8, 4) is 0 Å². The van der Waals surface area contributed by atoms with E-state index in [9.17, 15) is 9.59 Å². The summed E-state index contributed by atoms with van der Waals surface area (Å²) in [5.74, 6) is 1.33. The number of carbonyl (C=O) groups is 1. The quantitative estimate of drug-likeness (QED) is 0.879. The maximum atomic E-state index is 12.3. The Bertz CT molecular complexity index is 758. The van der Waals surface area contributed by atoms with E-state index >= 15 is 0 Å². The molecular formula is C17H22N4O2. The van der Waals surface area contributed by atoms with Gasteiger partial charge in [-0.2, -0.15) is 0 Å². The van der Waals surface area contributed by atoms with Crippen LogP contribution in [-0.2, 0) is 18.4 Å². The molecule has 0 bridgehead atoms. The fourth-order valence-corrected chi connectivity index (χ4v) is 2.87. The van der Waals surface area contributed by atoms with Crippen molar-refractivity contribution in [1.29, 1.82) is 0 Å². The Morgan fingerprint density at radius 1 is 1.43 bits per heavy atom. The first-order chi connectivity index (χ1) is 11.1. The van der Waals surface area contributed by atoms with Crippen molar-refractivity contribution in [2.24, 2.45) is 13.0 Å². The van der Waals surface area contributed by atoms with Gasteiger partial charge in [0, 0.05) is 44.2 Å². The van der Waals surface area contributed by atoms with Crippen LogP contribution in [-0.4, -0.2) is 20.0 Å². The van der Waals surface area contributed by atoms with Crippen LogP contribution in [0, 0.1) is 12.8 Å². The van der Waals surface area contributed by atoms with E-state index in [2.05, 4.69) is 10.3 Å². The molecule has 0 saturated heterocycles. The maximum absolute atomic E-state index is 12.3. The number of imidazole rings is 1. The number of pyridine rings is 1. The Balaban J connectivity index is 1.64. The number of nitrogens with zero attached hydrogens (tertiary/aromatic N) is 3. The van der Waals surface area contributed by atoms with Crippen molar-refractivity contribution in [2.75, 3.05) is 0 Å². The number of rotatable bonds is 6. The summed E-state index contributed by atoms with van der Waals surface area (Å²) >= 11 is 0. The highest BCUT2D eigenvalue weighted by Crippen LogP contribution is 2.40. The van der Waals surface area contributed by atoms with Crippen LogP contribution in [0.2, 0.25) is 0 Å². The topological polar surface area (TPSA) is 68.9 Å². The lowest BCUT2D eigenvalue weighted by Gasteiger charge is -2.18. The molecule has 1 aliphatic carbocycles. The highest BCUT2D eigenvalue weighted by molar-refractivity contribution is 5.76. The van der Waals surface area contributed by atoms with E-state index in [-0.39, 0.29) is 17.5 Å². The summed E-state index contributed by atoms with van der Waals surface area (Å²) in [6, 6.07) is 5.10. The fourth-order valence-electron chi connectivity index (χ4n) is 2.87. The van der Waals surface area contributed by atoms with Gasteiger partial charge in [-0.1, -0.05) is 6.07 Å². The molecule has 6 nitrogen and oxygen atoms in total. The second kappa shape index (κ2) is 6.40. The van der Waals surface area contributed by atoms with E-state index in [1.807, 2.05) is 30.8 Å². The summed E-state index contributed by atoms with van der Waals surface area (Å²) in [5, 5.41) is 3.09. The lowest BCUT2D eigenvalue weighted by Crippen LogP contribution is -2.33. The predicted molar refractivity (Wildman–Crippen MR) is 86.9 cm³/mol. The van der Waals surface area contributed by atoms with Gasteiger partial charge in [0.2, 0.25) is 5.91 Å². The number of nitrogens with one attached hydrogen (secondary N) is 1. The number of amides is 1. The molecule has 0 unspecified atom stereocenters. The number of carbonyl (C=O) groups excluding carboxylic acids is 1. The van der Waals surface area contributed by atoms with Gasteiger partial charge in [0.1, 0.15) is 5.82 Å². The standard InChI is InChI=1S/C17H22N4O2/c1-12-4-3-5-15(23)21(12)10-8-14(22)19-16(13-6-7-13)17-18-9-11-20(17)2/h3-5,9,11,13,16H,6-8,10H2,1-2H3,(H,19,22)/t16-/m1/s1. The van der Waals surface area contributed by atoms with E-state index in [4.69, 9.17) is 0 Å². The lowest BCUT2D eigenvalue weighted by molar-refractivity contribution is -0.122. The second-order valence-corrected chi connectivity index (χ2v) is 6.19. The van der Waals surface area contributed by atoms with Crippen LogP contribution in [0.15, 0.2) is 35.4 Å². The molecule has 0 radical (unpaired) electrons. The van der Waals surface area contributed by atoms with E-state index in [0.717, 1.165) is 24.4 Å². The number of hydrogen-bond donors (Lipinski definition) is 1. The zero-order chi connectivity index (χ0) is 16.4. The van der Waals surface area contributed by atoms with Crippen molar-refractivity contribution < 1.29 is 4.79 Å². The molecule has 2 aromatic heterocycles. The average Bonchev–Trinajstić information content (AvgIpc) is 3.26. The Kier molecular flexibility index (Phi) is 4.32. The molecule has 0 aliphatic heterocycles. The highest BCUT2D eigenvalue weighted by atomic mass is 16.2. The molecular weight excluding hydrogens is 292 g/mol. The predicted octanol–water partition coefficient (Wildman–Crippen LogP) is 1.55. The molecule has 122 valence electrons. The van der Waals surface area contributed by atoms with Crippen LogP contribution < -0.4 is 10.9 Å². The maximum Gasteiger partial charge on any atom is 0.250 e. The molecule has 1 fully saturated rings. The fraction of sp³-hybridized carbons (Fsp3) is 0.471. The Morgan fingerprint density at radius 3 is 2.83 bits per heavy atom. The first-order valence-electron chi connectivity index (χ1n) is 7.99. The van der Waals surface area contributed by atoms with Crippen molar-refractivity contribution in [3.63, 3.8) is 0 Å². The minimum absolute atomic E-state index is 0.0314. The molecule has 1 amide bonds. The van der Waals surface area contributed by atoms with E-state index < -0.39 is 0 Å². The number of aryl methyl sites for hydroxylation is 2. The molecule has 0 aromatic carbocycles. The van der Waals surface area contributed by atoms with Crippen molar-refractivity contribution in [2.45, 2.75) is 38.8 Å². The SMILES string of the molecule is Cc1cccc(=O)n1CCC(=O)N[C@@H](c1nccn1C)C1CC1. The summed E-state index contributed by atoms with van der Waals surface area (Å²) in [4.78, 5) is 28.5. The molecule has 1 N–H and O–H groups in total. The second-order valence-electron chi connectivity index (χ2n) is 6.19. The molecule has 23 heavy (non-hydrogen) atoms. The Hall–Kier alpha value is -2.37. The van der Waals surface area contributed by atoms with Gasteiger partial charge in [-0.3, -0.25) is 9.59 Å². The third-order valence-corrected chi connectivity index (χ3v) is 4.38. The van der Waals surface area contributed by atoms with Crippen molar-refractivity contribution in [3.05, 3.63) is 52.5 Å². The van der Waals surface area contributed by atoms with Gasteiger partial charge in [-0.15, -0.1) is 0 Å². The Morgan fingerprint density at radius 2 is 2.22 bits per heavy atom. The van der Waals surface area contributed by atoms with Crippen molar-refractivity contribution in [1.82, 2.24) is 19.4 Å². The summed E-state index contributed by atoms with van der Waals surface area (Å²) in [7, 11) is 1.94. The van der Waals surface area contributed by atoms with E-state index in [1.54, 1.807) is 16.8 Å². The first-order valence-corrected chi connectivity index (χ1v) is 7.99. The Labute approximate surface area is 135 Å². The summed E-state index contributed by atoms with van der Waals surface area (Å²) in [6.07, 6.45) is 6.18. The van der Waals surface area contributed by atoms with E-state index in [1.165, 1.54) is 6.07 Å². The van der Waals surface area contributed by atoms with Crippen LogP contribution in [0.1, 0.15) is 36.8 Å². The first kappa shape index (κ1) is 15.5. The normalized spacial score (nSPS) is 15.4. The molecule has 2 heterocycles. The molecule has 0 spiro atoms. The minimum atomic E-state index is -0.0688. The largest absolute Gasteiger partial charge is 0.346 e. The zero-order valence-electron chi connectivity index (χ0n) is 13.5. The average molecular weight is 314 g/mol. The third kappa shape index (κ3) is 3.52. The molecule has 1 saturated carbocycles. The van der Waals surface area contributed by atoms with Crippen LogP contribution in [0.4, 0.5) is 0 Å². The van der Waals surface area contributed by atoms with Gasteiger partial charge in [-0.25, -0.2) is 4.98 Å². The van der Waals surface area contributed by atoms with Crippen LogP contribution in [0.3, 0.4) is 0 Å². The summed E-state index contributed by atoms with van der Waals surface area (Å²) < 4.78 is 3.58. The lowest BCUT2D eigenvalue weighted by atomic mass is 10.1. The van der Waals surface area contributed by atoms with Gasteiger partial charge in [0.25, 0.3) is 5.56 Å². The molecule has 3 rings (SSSR count). The van der Waals surface area contributed by atoms with Gasteiger partial charge in [-0.05, 0) is 31.7 Å². The number of aromatic nitrogens is 3. The summed E-state index contributed by atoms with van der Waals surface area (Å²) in [6.45, 7) is 2.27. The van der Waals surface area contributed by atoms with Crippen LogP contribution in [0.5, 0.6) is 0 Å². The molecule has 1 aliphatic rings. The van der Waals surface area contributed by atoms with Crippen LogP contribution >= 0.6 is 0 Å². The summed E-state index contributed by atoms with van der Waals surface area (Å²) in [5.41, 5.74) is 0.800. The van der Waals surface area contributed by atoms with Crippen molar-refractivity contribution >= 4 is 5.91 Å². The van der Waals surface area contributed by atoms with Crippen LogP contribution in [0.25, 0.3) is 0 Å². The third-order valence-electron chi connectivity index (χ3n) is 4.38. The van der Waals surface area contributed by atoms with Gasteiger partial charge in [0.05, 0.1) is 6.04 Å². The van der Waals surface area contributed by atoms with Gasteiger partial charge >= 0.3 is 0 Å².